The molecule has 2 aromatic carbocycles. The highest BCUT2D eigenvalue weighted by molar-refractivity contribution is 9.13. The third kappa shape index (κ3) is 1.71. The van der Waals surface area contributed by atoms with E-state index in [-0.39, 0.29) is 0 Å². The standard InChI is InChI=1S/C12H4Br2N2/c13-11-3-7-1-2-8(5-15)10(6-16)9(7)4-12(11)14/h1-4H. The molecule has 0 aliphatic rings. The van der Waals surface area contributed by atoms with E-state index in [1.54, 1.807) is 6.07 Å². The molecule has 0 spiro atoms. The van der Waals surface area contributed by atoms with Crippen molar-refractivity contribution < 1.29 is 0 Å². The van der Waals surface area contributed by atoms with Crippen LogP contribution in [0.2, 0.25) is 0 Å². The number of hydrogen-bond donors (Lipinski definition) is 0. The van der Waals surface area contributed by atoms with Crippen molar-refractivity contribution >= 4 is 42.6 Å². The first-order chi connectivity index (χ1) is 7.67. The molecule has 0 saturated heterocycles. The van der Waals surface area contributed by atoms with E-state index in [1.165, 1.54) is 0 Å². The largest absolute Gasteiger partial charge is 0.192 e. The minimum atomic E-state index is 0.407. The molecule has 0 amide bonds. The number of nitrogens with zero attached hydrogens (tertiary/aromatic N) is 2. The van der Waals surface area contributed by atoms with Crippen molar-refractivity contribution in [2.75, 3.05) is 0 Å². The fourth-order valence-corrected chi connectivity index (χ4v) is 2.24. The van der Waals surface area contributed by atoms with Crippen LogP contribution in [0, 0.1) is 22.7 Å². The topological polar surface area (TPSA) is 47.6 Å². The molecule has 2 nitrogen and oxygen atoms in total. The molecule has 0 bridgehead atoms. The maximum absolute atomic E-state index is 9.08. The van der Waals surface area contributed by atoms with E-state index in [1.807, 2.05) is 24.3 Å². The molecule has 76 valence electrons. The van der Waals surface area contributed by atoms with Gasteiger partial charge in [0.15, 0.2) is 0 Å². The Morgan fingerprint density at radius 3 is 2.25 bits per heavy atom. The summed E-state index contributed by atoms with van der Waals surface area (Å²) in [6, 6.07) is 11.4. The fraction of sp³-hybridized carbons (Fsp3) is 0. The summed E-state index contributed by atoms with van der Waals surface area (Å²) in [7, 11) is 0. The van der Waals surface area contributed by atoms with Crippen molar-refractivity contribution in [1.82, 2.24) is 0 Å². The average molecular weight is 336 g/mol. The van der Waals surface area contributed by atoms with Gasteiger partial charge in [-0.2, -0.15) is 10.5 Å². The van der Waals surface area contributed by atoms with Gasteiger partial charge in [0, 0.05) is 14.3 Å². The highest BCUT2D eigenvalue weighted by atomic mass is 79.9. The van der Waals surface area contributed by atoms with E-state index in [9.17, 15) is 0 Å². The second-order valence-corrected chi connectivity index (χ2v) is 4.91. The van der Waals surface area contributed by atoms with Gasteiger partial charge in [-0.05, 0) is 55.4 Å². The summed E-state index contributed by atoms with van der Waals surface area (Å²) in [6.07, 6.45) is 0. The molecule has 0 atom stereocenters. The van der Waals surface area contributed by atoms with Crippen molar-refractivity contribution in [3.05, 3.63) is 44.3 Å². The van der Waals surface area contributed by atoms with Crippen LogP contribution in [0.25, 0.3) is 10.8 Å². The average Bonchev–Trinajstić information content (AvgIpc) is 2.29. The molecule has 0 unspecified atom stereocenters. The maximum Gasteiger partial charge on any atom is 0.101 e. The van der Waals surface area contributed by atoms with Crippen molar-refractivity contribution in [2.45, 2.75) is 0 Å². The van der Waals surface area contributed by atoms with Crippen LogP contribution >= 0.6 is 31.9 Å². The quantitative estimate of drug-likeness (QED) is 0.727. The van der Waals surface area contributed by atoms with Crippen LogP contribution < -0.4 is 0 Å². The second-order valence-electron chi connectivity index (χ2n) is 3.20. The lowest BCUT2D eigenvalue weighted by atomic mass is 10.0. The summed E-state index contributed by atoms with van der Waals surface area (Å²) in [4.78, 5) is 0. The molecule has 0 saturated carbocycles. The van der Waals surface area contributed by atoms with E-state index in [2.05, 4.69) is 37.9 Å². The molecule has 0 N–H and O–H groups in total. The zero-order valence-corrected chi connectivity index (χ0v) is 11.1. The van der Waals surface area contributed by atoms with Gasteiger partial charge < -0.3 is 0 Å². The molecule has 16 heavy (non-hydrogen) atoms. The Morgan fingerprint density at radius 1 is 0.938 bits per heavy atom. The molecular formula is C12H4Br2N2. The normalized spacial score (nSPS) is 9.75. The van der Waals surface area contributed by atoms with Gasteiger partial charge in [-0.3, -0.25) is 0 Å². The predicted molar refractivity (Wildman–Crippen MR) is 68.8 cm³/mol. The fourth-order valence-electron chi connectivity index (χ4n) is 1.53. The second kappa shape index (κ2) is 4.25. The molecule has 2 rings (SSSR count). The Labute approximate surface area is 109 Å². The first-order valence-corrected chi connectivity index (χ1v) is 5.98. The molecule has 0 aromatic heterocycles. The summed E-state index contributed by atoms with van der Waals surface area (Å²) < 4.78 is 1.79. The highest BCUT2D eigenvalue weighted by Crippen LogP contribution is 2.31. The van der Waals surface area contributed by atoms with E-state index < -0.39 is 0 Å². The van der Waals surface area contributed by atoms with Crippen LogP contribution in [-0.2, 0) is 0 Å². The van der Waals surface area contributed by atoms with Crippen molar-refractivity contribution in [3.63, 3.8) is 0 Å². The van der Waals surface area contributed by atoms with Crippen molar-refractivity contribution in [1.29, 1.82) is 10.5 Å². The molecular weight excluding hydrogens is 332 g/mol. The monoisotopic (exact) mass is 334 g/mol. The lowest BCUT2D eigenvalue weighted by Crippen LogP contribution is -1.87. The molecule has 0 heterocycles. The Morgan fingerprint density at radius 2 is 1.62 bits per heavy atom. The van der Waals surface area contributed by atoms with Crippen molar-refractivity contribution in [2.24, 2.45) is 0 Å². The maximum atomic E-state index is 9.08. The lowest BCUT2D eigenvalue weighted by molar-refractivity contribution is 1.45. The van der Waals surface area contributed by atoms with Gasteiger partial charge in [-0.25, -0.2) is 0 Å². The summed E-state index contributed by atoms with van der Waals surface area (Å²) >= 11 is 6.79. The van der Waals surface area contributed by atoms with Crippen LogP contribution in [0.1, 0.15) is 11.1 Å². The molecule has 0 fully saturated rings. The number of hydrogen-bond acceptors (Lipinski definition) is 2. The molecule has 0 aliphatic carbocycles. The summed E-state index contributed by atoms with van der Waals surface area (Å²) in [5, 5.41) is 19.7. The highest BCUT2D eigenvalue weighted by Gasteiger charge is 2.08. The number of nitriles is 2. The van der Waals surface area contributed by atoms with Crippen LogP contribution in [-0.4, -0.2) is 0 Å². The lowest BCUT2D eigenvalue weighted by Gasteiger charge is -2.04. The first-order valence-electron chi connectivity index (χ1n) is 4.39. The Balaban J connectivity index is 2.95. The molecule has 4 heteroatoms. The number of halogens is 2. The minimum absolute atomic E-state index is 0.407. The van der Waals surface area contributed by atoms with Crippen LogP contribution in [0.15, 0.2) is 33.2 Å². The zero-order valence-electron chi connectivity index (χ0n) is 7.96. The Bertz CT molecular complexity index is 663. The molecule has 0 radical (unpaired) electrons. The SMILES string of the molecule is N#Cc1ccc2cc(Br)c(Br)cc2c1C#N. The number of rotatable bonds is 0. The van der Waals surface area contributed by atoms with Gasteiger partial charge in [-0.15, -0.1) is 0 Å². The van der Waals surface area contributed by atoms with Crippen LogP contribution in [0.3, 0.4) is 0 Å². The van der Waals surface area contributed by atoms with Gasteiger partial charge in [0.25, 0.3) is 0 Å². The predicted octanol–water partition coefficient (Wildman–Crippen LogP) is 4.11. The number of benzene rings is 2. The summed E-state index contributed by atoms with van der Waals surface area (Å²) in [5.41, 5.74) is 0.831. The van der Waals surface area contributed by atoms with E-state index in [0.29, 0.717) is 11.1 Å². The molecule has 0 aliphatic heterocycles. The Hall–Kier alpha value is -1.36. The first kappa shape index (κ1) is 11.1. The smallest absolute Gasteiger partial charge is 0.101 e. The summed E-state index contributed by atoms with van der Waals surface area (Å²) in [5.74, 6) is 0. The van der Waals surface area contributed by atoms with Gasteiger partial charge in [0.05, 0.1) is 11.1 Å². The zero-order chi connectivity index (χ0) is 11.7. The van der Waals surface area contributed by atoms with Gasteiger partial charge in [-0.1, -0.05) is 6.07 Å². The van der Waals surface area contributed by atoms with Crippen molar-refractivity contribution in [3.8, 4) is 12.1 Å². The third-order valence-corrected chi connectivity index (χ3v) is 4.14. The number of fused-ring (bicyclic) bond motifs is 1. The van der Waals surface area contributed by atoms with Crippen LogP contribution in [0.5, 0.6) is 0 Å². The molecule has 2 aromatic rings. The van der Waals surface area contributed by atoms with Gasteiger partial charge >= 0.3 is 0 Å². The Kier molecular flexibility index (Phi) is 2.96. The summed E-state index contributed by atoms with van der Waals surface area (Å²) in [6.45, 7) is 0. The van der Waals surface area contributed by atoms with E-state index in [0.717, 1.165) is 19.7 Å². The van der Waals surface area contributed by atoms with Gasteiger partial charge in [0.1, 0.15) is 12.1 Å². The van der Waals surface area contributed by atoms with E-state index >= 15 is 0 Å². The minimum Gasteiger partial charge on any atom is -0.192 e. The van der Waals surface area contributed by atoms with E-state index in [4.69, 9.17) is 10.5 Å². The van der Waals surface area contributed by atoms with Gasteiger partial charge in [0.2, 0.25) is 0 Å². The van der Waals surface area contributed by atoms with Crippen LogP contribution in [0.4, 0.5) is 0 Å². The third-order valence-electron chi connectivity index (χ3n) is 2.29.